The Bertz CT molecular complexity index is 1040. The number of carbonyl (C=O) groups excluding carboxylic acids is 1. The van der Waals surface area contributed by atoms with Crippen LogP contribution >= 0.6 is 11.8 Å². The Hall–Kier alpha value is -3.05. The van der Waals surface area contributed by atoms with Crippen LogP contribution in [0.5, 0.6) is 0 Å². The van der Waals surface area contributed by atoms with Gasteiger partial charge in [-0.05, 0) is 48.5 Å². The van der Waals surface area contributed by atoms with E-state index >= 15 is 0 Å². The smallest absolute Gasteiger partial charge is 0.291 e. The fourth-order valence-corrected chi connectivity index (χ4v) is 3.46. The van der Waals surface area contributed by atoms with E-state index in [9.17, 15) is 4.79 Å². The number of fused-ring (bicyclic) bond motifs is 1. The molecule has 26 heavy (non-hydrogen) atoms. The Morgan fingerprint density at radius 3 is 2.73 bits per heavy atom. The van der Waals surface area contributed by atoms with Crippen molar-refractivity contribution in [2.24, 2.45) is 0 Å². The highest BCUT2D eigenvalue weighted by Crippen LogP contribution is 2.25. The molecule has 4 nitrogen and oxygen atoms in total. The monoisotopic (exact) mass is 360 g/mol. The highest BCUT2D eigenvalue weighted by molar-refractivity contribution is 7.98. The Labute approximate surface area is 155 Å². The second-order valence-corrected chi connectivity index (χ2v) is 6.75. The lowest BCUT2D eigenvalue weighted by Gasteiger charge is -2.06. The van der Waals surface area contributed by atoms with Gasteiger partial charge in [-0.15, -0.1) is 11.8 Å². The predicted molar refractivity (Wildman–Crippen MR) is 104 cm³/mol. The summed E-state index contributed by atoms with van der Waals surface area (Å²) in [5.41, 5.74) is 1.56. The SMILES string of the molecule is O=C(Nc1cccc2ncccc12)c1ccc(CSc2ccccc2)o1. The van der Waals surface area contributed by atoms with Gasteiger partial charge in [0.1, 0.15) is 5.76 Å². The average Bonchev–Trinajstić information content (AvgIpc) is 3.17. The number of carbonyl (C=O) groups is 1. The Morgan fingerprint density at radius 1 is 0.962 bits per heavy atom. The maximum Gasteiger partial charge on any atom is 0.291 e. The molecular weight excluding hydrogens is 344 g/mol. The molecule has 2 heterocycles. The summed E-state index contributed by atoms with van der Waals surface area (Å²) in [7, 11) is 0. The molecule has 4 rings (SSSR count). The minimum atomic E-state index is -0.266. The van der Waals surface area contributed by atoms with Crippen LogP contribution in [0.4, 0.5) is 5.69 Å². The number of hydrogen-bond donors (Lipinski definition) is 1. The summed E-state index contributed by atoms with van der Waals surface area (Å²) >= 11 is 1.67. The van der Waals surface area contributed by atoms with Gasteiger partial charge in [-0.3, -0.25) is 9.78 Å². The summed E-state index contributed by atoms with van der Waals surface area (Å²) in [5, 5.41) is 3.81. The minimum Gasteiger partial charge on any atom is -0.455 e. The summed E-state index contributed by atoms with van der Waals surface area (Å²) < 4.78 is 5.70. The van der Waals surface area contributed by atoms with Crippen molar-refractivity contribution >= 4 is 34.3 Å². The van der Waals surface area contributed by atoms with Gasteiger partial charge in [0.05, 0.1) is 17.0 Å². The largest absolute Gasteiger partial charge is 0.455 e. The molecule has 0 aliphatic carbocycles. The summed E-state index contributed by atoms with van der Waals surface area (Å²) in [4.78, 5) is 18.0. The lowest BCUT2D eigenvalue weighted by Crippen LogP contribution is -2.11. The highest BCUT2D eigenvalue weighted by atomic mass is 32.2. The second-order valence-electron chi connectivity index (χ2n) is 5.70. The third kappa shape index (κ3) is 3.63. The molecule has 0 aliphatic heterocycles. The summed E-state index contributed by atoms with van der Waals surface area (Å²) in [6, 6.07) is 23.1. The average molecular weight is 360 g/mol. The quantitative estimate of drug-likeness (QED) is 0.486. The van der Waals surface area contributed by atoms with E-state index in [1.807, 2.05) is 54.6 Å². The van der Waals surface area contributed by atoms with E-state index < -0.39 is 0 Å². The van der Waals surface area contributed by atoms with Crippen LogP contribution < -0.4 is 5.32 Å². The molecule has 1 amide bonds. The number of furan rings is 1. The minimum absolute atomic E-state index is 0.266. The standard InChI is InChI=1S/C21H16N2O2S/c24-21(23-19-10-4-9-18-17(19)8-5-13-22-18)20-12-11-15(25-20)14-26-16-6-2-1-3-7-16/h1-13H,14H2,(H,23,24). The van der Waals surface area contributed by atoms with E-state index in [-0.39, 0.29) is 5.91 Å². The number of hydrogen-bond acceptors (Lipinski definition) is 4. The highest BCUT2D eigenvalue weighted by Gasteiger charge is 2.13. The molecule has 1 N–H and O–H groups in total. The molecule has 0 fully saturated rings. The maximum absolute atomic E-state index is 12.5. The van der Waals surface area contributed by atoms with Crippen LogP contribution in [0, 0.1) is 0 Å². The molecule has 2 aromatic heterocycles. The van der Waals surface area contributed by atoms with Crippen molar-refractivity contribution in [3.05, 3.63) is 90.5 Å². The number of benzene rings is 2. The first-order valence-corrected chi connectivity index (χ1v) is 9.20. The summed E-state index contributed by atoms with van der Waals surface area (Å²) in [6.07, 6.45) is 1.73. The molecule has 128 valence electrons. The number of aromatic nitrogens is 1. The third-order valence-electron chi connectivity index (χ3n) is 3.90. The van der Waals surface area contributed by atoms with Gasteiger partial charge in [-0.25, -0.2) is 0 Å². The van der Waals surface area contributed by atoms with Gasteiger partial charge in [0.2, 0.25) is 0 Å². The lowest BCUT2D eigenvalue weighted by molar-refractivity contribution is 0.0995. The van der Waals surface area contributed by atoms with Crippen LogP contribution in [-0.4, -0.2) is 10.9 Å². The summed E-state index contributed by atoms with van der Waals surface area (Å²) in [6.45, 7) is 0. The van der Waals surface area contributed by atoms with E-state index in [1.165, 1.54) is 0 Å². The Morgan fingerprint density at radius 2 is 1.85 bits per heavy atom. The van der Waals surface area contributed by atoms with Crippen LogP contribution in [0.2, 0.25) is 0 Å². The summed E-state index contributed by atoms with van der Waals surface area (Å²) in [5.74, 6) is 1.48. The molecule has 0 bridgehead atoms. The molecule has 0 saturated heterocycles. The zero-order valence-electron chi connectivity index (χ0n) is 13.9. The fraction of sp³-hybridized carbons (Fsp3) is 0.0476. The van der Waals surface area contributed by atoms with Crippen LogP contribution in [0.1, 0.15) is 16.3 Å². The Balaban J connectivity index is 1.46. The van der Waals surface area contributed by atoms with Gasteiger partial charge in [-0.2, -0.15) is 0 Å². The first-order chi connectivity index (χ1) is 12.8. The van der Waals surface area contributed by atoms with E-state index in [0.717, 1.165) is 27.2 Å². The molecule has 0 saturated carbocycles. The molecule has 0 unspecified atom stereocenters. The first kappa shape index (κ1) is 16.4. The van der Waals surface area contributed by atoms with E-state index in [4.69, 9.17) is 4.42 Å². The number of nitrogens with one attached hydrogen (secondary N) is 1. The van der Waals surface area contributed by atoms with Crippen molar-refractivity contribution in [3.8, 4) is 0 Å². The van der Waals surface area contributed by atoms with Crippen LogP contribution in [-0.2, 0) is 5.75 Å². The van der Waals surface area contributed by atoms with Gasteiger partial charge >= 0.3 is 0 Å². The van der Waals surface area contributed by atoms with Crippen molar-refractivity contribution in [2.75, 3.05) is 5.32 Å². The van der Waals surface area contributed by atoms with Crippen molar-refractivity contribution in [1.29, 1.82) is 0 Å². The first-order valence-electron chi connectivity index (χ1n) is 8.21. The zero-order chi connectivity index (χ0) is 17.8. The second kappa shape index (κ2) is 7.45. The molecule has 2 aromatic carbocycles. The molecule has 4 aromatic rings. The normalized spacial score (nSPS) is 10.8. The zero-order valence-corrected chi connectivity index (χ0v) is 14.7. The van der Waals surface area contributed by atoms with E-state index in [1.54, 1.807) is 24.0 Å². The number of thioether (sulfide) groups is 1. The van der Waals surface area contributed by atoms with Crippen molar-refractivity contribution in [2.45, 2.75) is 10.6 Å². The van der Waals surface area contributed by atoms with Crippen molar-refractivity contribution < 1.29 is 9.21 Å². The number of rotatable bonds is 5. The number of anilines is 1. The maximum atomic E-state index is 12.5. The van der Waals surface area contributed by atoms with Gasteiger partial charge < -0.3 is 9.73 Å². The predicted octanol–water partition coefficient (Wildman–Crippen LogP) is 5.37. The van der Waals surface area contributed by atoms with E-state index in [2.05, 4.69) is 22.4 Å². The number of amides is 1. The van der Waals surface area contributed by atoms with Crippen LogP contribution in [0.3, 0.4) is 0 Å². The number of nitrogens with zero attached hydrogens (tertiary/aromatic N) is 1. The lowest BCUT2D eigenvalue weighted by atomic mass is 10.2. The Kier molecular flexibility index (Phi) is 4.71. The van der Waals surface area contributed by atoms with E-state index in [0.29, 0.717) is 11.5 Å². The number of pyridine rings is 1. The van der Waals surface area contributed by atoms with Gasteiger partial charge in [0, 0.05) is 16.5 Å². The van der Waals surface area contributed by atoms with Crippen LogP contribution in [0.25, 0.3) is 10.9 Å². The molecule has 0 spiro atoms. The van der Waals surface area contributed by atoms with Gasteiger partial charge in [0.25, 0.3) is 5.91 Å². The molecule has 0 atom stereocenters. The third-order valence-corrected chi connectivity index (χ3v) is 4.94. The van der Waals surface area contributed by atoms with Gasteiger partial charge in [0.15, 0.2) is 5.76 Å². The fourth-order valence-electron chi connectivity index (χ4n) is 2.64. The molecule has 5 heteroatoms. The van der Waals surface area contributed by atoms with Crippen molar-refractivity contribution in [1.82, 2.24) is 4.98 Å². The molecular formula is C21H16N2O2S. The van der Waals surface area contributed by atoms with Crippen LogP contribution in [0.15, 0.2) is 88.3 Å². The molecule has 0 radical (unpaired) electrons. The topological polar surface area (TPSA) is 55.1 Å². The molecule has 0 aliphatic rings. The van der Waals surface area contributed by atoms with Gasteiger partial charge in [-0.1, -0.05) is 24.3 Å². The van der Waals surface area contributed by atoms with Crippen molar-refractivity contribution in [3.63, 3.8) is 0 Å².